The molecule has 0 unspecified atom stereocenters. The predicted octanol–water partition coefficient (Wildman–Crippen LogP) is 0.393. The van der Waals surface area contributed by atoms with Crippen LogP contribution in [-0.2, 0) is 9.53 Å². The number of hydrogen-bond donors (Lipinski definition) is 1. The van der Waals surface area contributed by atoms with Crippen molar-refractivity contribution in [3.8, 4) is 0 Å². The number of hydrogen-bond acceptors (Lipinski definition) is 4. The number of likely N-dealkylation sites (tertiary alicyclic amines) is 1. The Morgan fingerprint density at radius 1 is 1.50 bits per heavy atom. The highest BCUT2D eigenvalue weighted by atomic mass is 16.5. The normalized spacial score (nSPS) is 29.2. The van der Waals surface area contributed by atoms with E-state index in [0.717, 1.165) is 0 Å². The molecule has 1 aliphatic heterocycles. The van der Waals surface area contributed by atoms with Gasteiger partial charge in [-0.3, -0.25) is 9.69 Å². The first-order valence-electron chi connectivity index (χ1n) is 4.89. The van der Waals surface area contributed by atoms with Crippen LogP contribution in [0.4, 0.5) is 0 Å². The molecule has 0 amide bonds. The largest absolute Gasteiger partial charge is 0.468 e. The summed E-state index contributed by atoms with van der Waals surface area (Å²) in [5.74, 6) is -0.253. The summed E-state index contributed by atoms with van der Waals surface area (Å²) in [5, 5.41) is 9.53. The molecule has 0 saturated carbocycles. The number of aliphatic hydroxyl groups is 1. The molecule has 4 heteroatoms. The van der Waals surface area contributed by atoms with Crippen molar-refractivity contribution >= 4 is 5.97 Å². The molecule has 0 aromatic rings. The van der Waals surface area contributed by atoms with Gasteiger partial charge in [0.15, 0.2) is 0 Å². The Labute approximate surface area is 84.8 Å². The molecule has 1 fully saturated rings. The minimum absolute atomic E-state index is 0.115. The van der Waals surface area contributed by atoms with E-state index in [2.05, 4.69) is 0 Å². The fourth-order valence-corrected chi connectivity index (χ4v) is 1.91. The van der Waals surface area contributed by atoms with Gasteiger partial charge in [0.25, 0.3) is 0 Å². The first kappa shape index (κ1) is 11.5. The second kappa shape index (κ2) is 3.87. The number of ether oxygens (including phenoxy) is 1. The third kappa shape index (κ3) is 2.25. The standard InChI is InChI=1S/C10H19NO3/c1-10(2,3)11-6-7(12)5-8(11)9(13)14-4/h7-8,12H,5-6H2,1-4H3/t7-,8+/m1/s1. The van der Waals surface area contributed by atoms with Crippen molar-refractivity contribution in [1.29, 1.82) is 0 Å². The summed E-state index contributed by atoms with van der Waals surface area (Å²) in [6.45, 7) is 6.63. The smallest absolute Gasteiger partial charge is 0.323 e. The Morgan fingerprint density at radius 2 is 2.07 bits per heavy atom. The molecule has 14 heavy (non-hydrogen) atoms. The van der Waals surface area contributed by atoms with Crippen LogP contribution in [0.15, 0.2) is 0 Å². The summed E-state index contributed by atoms with van der Waals surface area (Å²) >= 11 is 0. The van der Waals surface area contributed by atoms with E-state index in [1.807, 2.05) is 25.7 Å². The third-order valence-electron chi connectivity index (χ3n) is 2.61. The van der Waals surface area contributed by atoms with E-state index in [0.29, 0.717) is 13.0 Å². The Bertz CT molecular complexity index is 222. The Hall–Kier alpha value is -0.610. The highest BCUT2D eigenvalue weighted by Gasteiger charge is 2.41. The van der Waals surface area contributed by atoms with E-state index in [9.17, 15) is 9.90 Å². The van der Waals surface area contributed by atoms with Crippen molar-refractivity contribution in [2.45, 2.75) is 44.9 Å². The van der Waals surface area contributed by atoms with Crippen molar-refractivity contribution in [3.63, 3.8) is 0 Å². The number of methoxy groups -OCH3 is 1. The Kier molecular flexibility index (Phi) is 3.17. The van der Waals surface area contributed by atoms with Gasteiger partial charge in [-0.2, -0.15) is 0 Å². The monoisotopic (exact) mass is 201 g/mol. The zero-order valence-corrected chi connectivity index (χ0v) is 9.28. The van der Waals surface area contributed by atoms with Crippen LogP contribution in [0.5, 0.6) is 0 Å². The van der Waals surface area contributed by atoms with E-state index in [-0.39, 0.29) is 17.6 Å². The molecular formula is C10H19NO3. The molecule has 0 aromatic carbocycles. The molecule has 0 radical (unpaired) electrons. The molecule has 0 aliphatic carbocycles. The minimum atomic E-state index is -0.418. The topological polar surface area (TPSA) is 49.8 Å². The Morgan fingerprint density at radius 3 is 2.50 bits per heavy atom. The molecule has 4 nitrogen and oxygen atoms in total. The highest BCUT2D eigenvalue weighted by Crippen LogP contribution is 2.27. The van der Waals surface area contributed by atoms with Crippen molar-refractivity contribution < 1.29 is 14.6 Å². The molecule has 0 spiro atoms. The second-order valence-corrected chi connectivity index (χ2v) is 4.75. The van der Waals surface area contributed by atoms with Gasteiger partial charge in [0.05, 0.1) is 13.2 Å². The average molecular weight is 201 g/mol. The van der Waals surface area contributed by atoms with Crippen molar-refractivity contribution in [2.24, 2.45) is 0 Å². The van der Waals surface area contributed by atoms with E-state index < -0.39 is 6.10 Å². The predicted molar refractivity (Wildman–Crippen MR) is 52.9 cm³/mol. The van der Waals surface area contributed by atoms with E-state index in [1.165, 1.54) is 7.11 Å². The van der Waals surface area contributed by atoms with Crippen LogP contribution >= 0.6 is 0 Å². The van der Waals surface area contributed by atoms with Crippen LogP contribution in [0.2, 0.25) is 0 Å². The molecule has 2 atom stereocenters. The molecule has 0 aromatic heterocycles. The summed E-state index contributed by atoms with van der Waals surface area (Å²) in [6, 6.07) is -0.296. The lowest BCUT2D eigenvalue weighted by Gasteiger charge is -2.35. The summed E-state index contributed by atoms with van der Waals surface area (Å²) < 4.78 is 4.72. The zero-order valence-electron chi connectivity index (χ0n) is 9.28. The molecule has 1 N–H and O–H groups in total. The fraction of sp³-hybridized carbons (Fsp3) is 0.900. The number of esters is 1. The number of nitrogens with zero attached hydrogens (tertiary/aromatic N) is 1. The van der Waals surface area contributed by atoms with Gasteiger partial charge in [0.1, 0.15) is 6.04 Å². The van der Waals surface area contributed by atoms with Gasteiger partial charge in [-0.05, 0) is 20.8 Å². The van der Waals surface area contributed by atoms with Crippen molar-refractivity contribution in [3.05, 3.63) is 0 Å². The van der Waals surface area contributed by atoms with Crippen molar-refractivity contribution in [1.82, 2.24) is 4.90 Å². The van der Waals surface area contributed by atoms with E-state index in [4.69, 9.17) is 4.74 Å². The third-order valence-corrected chi connectivity index (χ3v) is 2.61. The quantitative estimate of drug-likeness (QED) is 0.624. The maximum atomic E-state index is 11.4. The van der Waals surface area contributed by atoms with Crippen LogP contribution in [-0.4, -0.2) is 47.3 Å². The van der Waals surface area contributed by atoms with Gasteiger partial charge in [0, 0.05) is 18.5 Å². The van der Waals surface area contributed by atoms with Gasteiger partial charge in [-0.15, -0.1) is 0 Å². The first-order valence-corrected chi connectivity index (χ1v) is 4.89. The zero-order chi connectivity index (χ0) is 10.9. The number of carbonyl (C=O) groups excluding carboxylic acids is 1. The lowest BCUT2D eigenvalue weighted by molar-refractivity contribution is -0.147. The SMILES string of the molecule is COC(=O)[C@@H]1C[C@@H](O)CN1C(C)(C)C. The van der Waals surface area contributed by atoms with Crippen LogP contribution in [0.25, 0.3) is 0 Å². The maximum Gasteiger partial charge on any atom is 0.323 e. The first-order chi connectivity index (χ1) is 6.36. The summed E-state index contributed by atoms with van der Waals surface area (Å²) in [6.07, 6.45) is 0.0579. The van der Waals surface area contributed by atoms with Crippen LogP contribution < -0.4 is 0 Å². The molecule has 1 rings (SSSR count). The Balaban J connectivity index is 2.78. The van der Waals surface area contributed by atoms with E-state index in [1.54, 1.807) is 0 Å². The van der Waals surface area contributed by atoms with Gasteiger partial charge in [-0.1, -0.05) is 0 Å². The summed E-state index contributed by atoms with van der Waals surface area (Å²) in [5.41, 5.74) is -0.115. The van der Waals surface area contributed by atoms with Gasteiger partial charge in [0.2, 0.25) is 0 Å². The van der Waals surface area contributed by atoms with E-state index >= 15 is 0 Å². The molecule has 1 saturated heterocycles. The molecule has 1 aliphatic rings. The van der Waals surface area contributed by atoms with Crippen LogP contribution in [0.3, 0.4) is 0 Å². The fourth-order valence-electron chi connectivity index (χ4n) is 1.91. The second-order valence-electron chi connectivity index (χ2n) is 4.75. The number of carbonyl (C=O) groups is 1. The average Bonchev–Trinajstić information content (AvgIpc) is 2.45. The summed E-state index contributed by atoms with van der Waals surface area (Å²) in [4.78, 5) is 13.4. The van der Waals surface area contributed by atoms with Crippen molar-refractivity contribution in [2.75, 3.05) is 13.7 Å². The van der Waals surface area contributed by atoms with Crippen LogP contribution in [0, 0.1) is 0 Å². The molecular weight excluding hydrogens is 182 g/mol. The maximum absolute atomic E-state index is 11.4. The summed E-state index contributed by atoms with van der Waals surface area (Å²) in [7, 11) is 1.38. The van der Waals surface area contributed by atoms with Gasteiger partial charge in [-0.25, -0.2) is 0 Å². The molecule has 0 bridgehead atoms. The number of aliphatic hydroxyl groups excluding tert-OH is 1. The molecule has 1 heterocycles. The lowest BCUT2D eigenvalue weighted by atomic mass is 10.0. The number of β-amino-alcohol motifs (C(OH)–C–C–N with tert-alkyl or cyclic N) is 1. The number of rotatable bonds is 1. The lowest BCUT2D eigenvalue weighted by Crippen LogP contribution is -2.48. The van der Waals surface area contributed by atoms with Crippen LogP contribution in [0.1, 0.15) is 27.2 Å². The molecule has 82 valence electrons. The minimum Gasteiger partial charge on any atom is -0.468 e. The highest BCUT2D eigenvalue weighted by molar-refractivity contribution is 5.76. The van der Waals surface area contributed by atoms with Gasteiger partial charge < -0.3 is 9.84 Å². The van der Waals surface area contributed by atoms with Gasteiger partial charge >= 0.3 is 5.97 Å².